The molecule has 0 heterocycles. The average molecular weight is 399 g/mol. The Labute approximate surface area is 137 Å². The van der Waals surface area contributed by atoms with Crippen LogP contribution in [-0.2, 0) is 13.8 Å². The highest BCUT2D eigenvalue weighted by molar-refractivity contribution is 9.10. The number of methoxy groups -OCH3 is 1. The lowest BCUT2D eigenvalue weighted by atomic mass is 10.1. The van der Waals surface area contributed by atoms with Crippen molar-refractivity contribution >= 4 is 41.6 Å². The molecule has 8 heteroatoms. The molecule has 0 aliphatic heterocycles. The van der Waals surface area contributed by atoms with Crippen LogP contribution in [0.5, 0.6) is 0 Å². The number of nitrogens with zero attached hydrogens (tertiary/aromatic N) is 1. The van der Waals surface area contributed by atoms with E-state index in [0.29, 0.717) is 17.6 Å². The number of ether oxygens (including phenoxy) is 1. The van der Waals surface area contributed by atoms with Gasteiger partial charge < -0.3 is 9.64 Å². The summed E-state index contributed by atoms with van der Waals surface area (Å²) in [5, 5.41) is 0. The van der Waals surface area contributed by atoms with Gasteiger partial charge in [-0.05, 0) is 48.0 Å². The normalized spacial score (nSPS) is 13.0. The Balaban J connectivity index is 3.22. The highest BCUT2D eigenvalue weighted by atomic mass is 79.9. The molecule has 0 N–H and O–H groups in total. The number of carbonyl (C=O) groups excluding carboxylic acids is 1. The maximum atomic E-state index is 12.6. The molecule has 1 aromatic carbocycles. The standard InChI is InChI=1S/C13H17BrClNO4S/c1-4-16(9(2)8-20-3)13(17)11-7-10(21(15,18)19)5-6-12(11)14/h5-7,9H,4,8H2,1-3H3. The Morgan fingerprint density at radius 2 is 2.10 bits per heavy atom. The lowest BCUT2D eigenvalue weighted by Crippen LogP contribution is -2.41. The van der Waals surface area contributed by atoms with Gasteiger partial charge >= 0.3 is 0 Å². The van der Waals surface area contributed by atoms with Crippen LogP contribution in [0.4, 0.5) is 0 Å². The SMILES string of the molecule is CCN(C(=O)c1cc(S(=O)(=O)Cl)ccc1Br)C(C)COC. The molecule has 1 rings (SSSR count). The fourth-order valence-electron chi connectivity index (χ4n) is 1.96. The summed E-state index contributed by atoms with van der Waals surface area (Å²) >= 11 is 3.27. The zero-order valence-electron chi connectivity index (χ0n) is 12.0. The zero-order chi connectivity index (χ0) is 16.2. The van der Waals surface area contributed by atoms with Crippen molar-refractivity contribution in [1.29, 1.82) is 0 Å². The van der Waals surface area contributed by atoms with Gasteiger partial charge in [0.15, 0.2) is 0 Å². The minimum absolute atomic E-state index is 0.105. The second-order valence-corrected chi connectivity index (χ2v) is 7.90. The van der Waals surface area contributed by atoms with Gasteiger partial charge in [0.25, 0.3) is 15.0 Å². The molecule has 0 aliphatic carbocycles. The first kappa shape index (κ1) is 18.4. The van der Waals surface area contributed by atoms with Gasteiger partial charge in [0.1, 0.15) is 0 Å². The number of rotatable bonds is 6. The van der Waals surface area contributed by atoms with Crippen LogP contribution in [-0.4, -0.2) is 45.5 Å². The first-order valence-corrected chi connectivity index (χ1v) is 9.36. The molecule has 0 spiro atoms. The van der Waals surface area contributed by atoms with E-state index in [4.69, 9.17) is 15.4 Å². The molecule has 1 unspecified atom stereocenters. The molecule has 0 bridgehead atoms. The number of hydrogen-bond donors (Lipinski definition) is 0. The number of likely N-dealkylation sites (N-methyl/N-ethyl adjacent to an activating group) is 1. The van der Waals surface area contributed by atoms with Crippen LogP contribution in [0.15, 0.2) is 27.6 Å². The summed E-state index contributed by atoms with van der Waals surface area (Å²) in [6, 6.07) is 3.99. The fraction of sp³-hybridized carbons (Fsp3) is 0.462. The lowest BCUT2D eigenvalue weighted by Gasteiger charge is -2.28. The maximum Gasteiger partial charge on any atom is 0.261 e. The minimum atomic E-state index is -3.88. The molecule has 1 amide bonds. The molecule has 0 aliphatic rings. The highest BCUT2D eigenvalue weighted by Crippen LogP contribution is 2.25. The van der Waals surface area contributed by atoms with Crippen molar-refractivity contribution in [2.24, 2.45) is 0 Å². The predicted octanol–water partition coefficient (Wildman–Crippen LogP) is 2.87. The third-order valence-electron chi connectivity index (χ3n) is 2.99. The number of benzene rings is 1. The lowest BCUT2D eigenvalue weighted by molar-refractivity contribution is 0.0578. The highest BCUT2D eigenvalue weighted by Gasteiger charge is 2.23. The first-order chi connectivity index (χ1) is 9.72. The van der Waals surface area contributed by atoms with Crippen LogP contribution in [0.25, 0.3) is 0 Å². The summed E-state index contributed by atoms with van der Waals surface area (Å²) in [5.74, 6) is -0.281. The minimum Gasteiger partial charge on any atom is -0.383 e. The Morgan fingerprint density at radius 3 is 2.57 bits per heavy atom. The van der Waals surface area contributed by atoms with Gasteiger partial charge in [-0.2, -0.15) is 0 Å². The molecule has 1 aromatic rings. The fourth-order valence-corrected chi connectivity index (χ4v) is 3.15. The van der Waals surface area contributed by atoms with Crippen molar-refractivity contribution < 1.29 is 17.9 Å². The van der Waals surface area contributed by atoms with E-state index in [9.17, 15) is 13.2 Å². The third-order valence-corrected chi connectivity index (χ3v) is 5.03. The van der Waals surface area contributed by atoms with Crippen molar-refractivity contribution in [3.63, 3.8) is 0 Å². The molecular weight excluding hydrogens is 382 g/mol. The number of amides is 1. The molecule has 118 valence electrons. The van der Waals surface area contributed by atoms with E-state index < -0.39 is 9.05 Å². The van der Waals surface area contributed by atoms with Gasteiger partial charge in [0.2, 0.25) is 0 Å². The topological polar surface area (TPSA) is 63.7 Å². The Hall–Kier alpha value is -0.630. The van der Waals surface area contributed by atoms with Crippen molar-refractivity contribution in [2.45, 2.75) is 24.8 Å². The number of hydrogen-bond acceptors (Lipinski definition) is 4. The summed E-state index contributed by atoms with van der Waals surface area (Å²) in [5.41, 5.74) is 0.251. The second-order valence-electron chi connectivity index (χ2n) is 4.48. The maximum absolute atomic E-state index is 12.6. The molecule has 0 aromatic heterocycles. The summed E-state index contributed by atoms with van der Waals surface area (Å²) < 4.78 is 28.4. The van der Waals surface area contributed by atoms with Crippen LogP contribution in [0.2, 0.25) is 0 Å². The van der Waals surface area contributed by atoms with Gasteiger partial charge in [-0.15, -0.1) is 0 Å². The molecule has 5 nitrogen and oxygen atoms in total. The molecule has 1 atom stereocenters. The van der Waals surface area contributed by atoms with E-state index in [1.54, 1.807) is 12.0 Å². The quantitative estimate of drug-likeness (QED) is 0.691. The summed E-state index contributed by atoms with van der Waals surface area (Å²) in [6.45, 7) is 4.58. The third kappa shape index (κ3) is 4.67. The molecule has 21 heavy (non-hydrogen) atoms. The van der Waals surface area contributed by atoms with Gasteiger partial charge in [0.05, 0.1) is 23.1 Å². The van der Waals surface area contributed by atoms with Gasteiger partial charge in [-0.3, -0.25) is 4.79 Å². The molecular formula is C13H17BrClNO4S. The van der Waals surface area contributed by atoms with E-state index in [2.05, 4.69) is 15.9 Å². The largest absolute Gasteiger partial charge is 0.383 e. The van der Waals surface area contributed by atoms with E-state index >= 15 is 0 Å². The number of halogens is 2. The van der Waals surface area contributed by atoms with Crippen molar-refractivity contribution in [3.05, 3.63) is 28.2 Å². The van der Waals surface area contributed by atoms with Gasteiger partial charge in [-0.25, -0.2) is 8.42 Å². The van der Waals surface area contributed by atoms with Crippen LogP contribution in [0, 0.1) is 0 Å². The van der Waals surface area contributed by atoms with Gasteiger partial charge in [0, 0.05) is 28.8 Å². The second kappa shape index (κ2) is 7.58. The zero-order valence-corrected chi connectivity index (χ0v) is 15.1. The molecule has 0 saturated carbocycles. The van der Waals surface area contributed by atoms with E-state index in [1.165, 1.54) is 18.2 Å². The van der Waals surface area contributed by atoms with Crippen LogP contribution < -0.4 is 0 Å². The van der Waals surface area contributed by atoms with Crippen LogP contribution >= 0.6 is 26.6 Å². The van der Waals surface area contributed by atoms with E-state index in [0.717, 1.165) is 0 Å². The molecule has 0 fully saturated rings. The van der Waals surface area contributed by atoms with E-state index in [1.807, 2.05) is 13.8 Å². The smallest absolute Gasteiger partial charge is 0.261 e. The predicted molar refractivity (Wildman–Crippen MR) is 85.2 cm³/mol. The Bertz CT molecular complexity index is 621. The average Bonchev–Trinajstić information content (AvgIpc) is 2.38. The number of carbonyl (C=O) groups is 1. The van der Waals surface area contributed by atoms with E-state index in [-0.39, 0.29) is 22.4 Å². The van der Waals surface area contributed by atoms with Crippen LogP contribution in [0.3, 0.4) is 0 Å². The first-order valence-electron chi connectivity index (χ1n) is 6.26. The van der Waals surface area contributed by atoms with Crippen molar-refractivity contribution in [3.8, 4) is 0 Å². The summed E-state index contributed by atoms with van der Waals surface area (Å²) in [7, 11) is 3.00. The van der Waals surface area contributed by atoms with Gasteiger partial charge in [-0.1, -0.05) is 0 Å². The molecule has 0 radical (unpaired) electrons. The Morgan fingerprint density at radius 1 is 1.48 bits per heavy atom. The van der Waals surface area contributed by atoms with Crippen molar-refractivity contribution in [2.75, 3.05) is 20.3 Å². The monoisotopic (exact) mass is 397 g/mol. The van der Waals surface area contributed by atoms with Crippen molar-refractivity contribution in [1.82, 2.24) is 4.90 Å². The Kier molecular flexibility index (Phi) is 6.65. The molecule has 0 saturated heterocycles. The summed E-state index contributed by atoms with van der Waals surface area (Å²) in [4.78, 5) is 14.1. The van der Waals surface area contributed by atoms with Crippen LogP contribution in [0.1, 0.15) is 24.2 Å². The summed E-state index contributed by atoms with van der Waals surface area (Å²) in [6.07, 6.45) is 0.